The molecule has 2 amide bonds. The maximum atomic E-state index is 13.0. The number of thiazole rings is 1. The Kier molecular flexibility index (Phi) is 9.44. The number of hydrogen-bond donors (Lipinski definition) is 3. The lowest BCUT2D eigenvalue weighted by atomic mass is 9.91. The molecule has 1 aliphatic heterocycles. The topological polar surface area (TPSA) is 217 Å². The van der Waals surface area contributed by atoms with E-state index in [0.717, 1.165) is 11.3 Å². The minimum atomic E-state index is -4.50. The van der Waals surface area contributed by atoms with Gasteiger partial charge in [0.2, 0.25) is 5.60 Å². The molecular weight excluding hydrogens is 546 g/mol. The predicted molar refractivity (Wildman–Crippen MR) is 134 cm³/mol. The number of ether oxygens (including phenoxy) is 1. The third-order valence-corrected chi connectivity index (χ3v) is 7.49. The standard InChI is InChI=1S/C21H31N5O10S2/c1-11-14(17(29)26(11)38(32,33)35-10-20(3,4)7-8-34-12(2)27)24-16(28)15(13-9-37-19(22)23-13)25-36-21(5,6)18(30)31/h9,11,14H,7-8,10H2,1-6H3,(H2,22,23)(H,24,28)(H,30,31)/t11-,14-/m0/s1. The monoisotopic (exact) mass is 577 g/mol. The number of carbonyl (C=O) groups is 4. The molecular formula is C21H31N5O10S2. The molecule has 0 radical (unpaired) electrons. The van der Waals surface area contributed by atoms with Gasteiger partial charge in [-0.1, -0.05) is 19.0 Å². The number of anilines is 1. The quantitative estimate of drug-likeness (QED) is 0.124. The van der Waals surface area contributed by atoms with Crippen molar-refractivity contribution in [3.05, 3.63) is 11.1 Å². The van der Waals surface area contributed by atoms with Gasteiger partial charge in [0.05, 0.1) is 19.3 Å². The first-order valence-corrected chi connectivity index (χ1v) is 13.5. The van der Waals surface area contributed by atoms with E-state index >= 15 is 0 Å². The molecule has 0 saturated carbocycles. The van der Waals surface area contributed by atoms with E-state index in [9.17, 15) is 32.7 Å². The number of rotatable bonds is 13. The summed E-state index contributed by atoms with van der Waals surface area (Å²) in [6.45, 7) is 8.26. The second kappa shape index (κ2) is 11.6. The third kappa shape index (κ3) is 7.61. The van der Waals surface area contributed by atoms with Crippen molar-refractivity contribution in [2.24, 2.45) is 10.6 Å². The number of carboxylic acids is 1. The van der Waals surface area contributed by atoms with E-state index in [1.54, 1.807) is 13.8 Å². The Morgan fingerprint density at radius 1 is 1.29 bits per heavy atom. The molecule has 2 heterocycles. The van der Waals surface area contributed by atoms with E-state index in [1.807, 2.05) is 0 Å². The number of hydrogen-bond acceptors (Lipinski definition) is 13. The molecule has 2 atom stereocenters. The number of nitrogens with one attached hydrogen (secondary N) is 1. The Morgan fingerprint density at radius 3 is 2.42 bits per heavy atom. The molecule has 0 aromatic carbocycles. The summed E-state index contributed by atoms with van der Waals surface area (Å²) in [5.74, 6) is -3.73. The molecule has 17 heteroatoms. The largest absolute Gasteiger partial charge is 0.478 e. The van der Waals surface area contributed by atoms with Gasteiger partial charge in [0.15, 0.2) is 10.8 Å². The highest BCUT2D eigenvalue weighted by Gasteiger charge is 2.53. The zero-order valence-corrected chi connectivity index (χ0v) is 23.3. The number of esters is 1. The van der Waals surface area contributed by atoms with E-state index in [-0.39, 0.29) is 24.0 Å². The normalized spacial score (nSPS) is 18.5. The first-order valence-electron chi connectivity index (χ1n) is 11.3. The lowest BCUT2D eigenvalue weighted by Gasteiger charge is -2.43. The van der Waals surface area contributed by atoms with Crippen LogP contribution in [0.25, 0.3) is 0 Å². The van der Waals surface area contributed by atoms with Gasteiger partial charge >= 0.3 is 22.2 Å². The molecule has 0 unspecified atom stereocenters. The second-order valence-corrected chi connectivity index (χ2v) is 12.1. The highest BCUT2D eigenvalue weighted by atomic mass is 32.2. The van der Waals surface area contributed by atoms with Gasteiger partial charge in [0.25, 0.3) is 11.8 Å². The van der Waals surface area contributed by atoms with Crippen LogP contribution in [-0.2, 0) is 43.2 Å². The summed E-state index contributed by atoms with van der Waals surface area (Å²) in [7, 11) is -4.50. The van der Waals surface area contributed by atoms with E-state index < -0.39 is 62.9 Å². The second-order valence-electron chi connectivity index (χ2n) is 9.72. The van der Waals surface area contributed by atoms with Crippen LogP contribution in [0.4, 0.5) is 5.13 Å². The van der Waals surface area contributed by atoms with Gasteiger partial charge in [-0.25, -0.2) is 14.1 Å². The number of carbonyl (C=O) groups excluding carboxylic acids is 3. The Hall–Kier alpha value is -3.31. The van der Waals surface area contributed by atoms with Crippen LogP contribution in [0, 0.1) is 5.41 Å². The zero-order valence-electron chi connectivity index (χ0n) is 21.7. The average molecular weight is 578 g/mol. The van der Waals surface area contributed by atoms with Crippen molar-refractivity contribution in [1.82, 2.24) is 14.6 Å². The lowest BCUT2D eigenvalue weighted by Crippen LogP contribution is -2.71. The summed E-state index contributed by atoms with van der Waals surface area (Å²) < 4.78 is 35.8. The molecule has 2 rings (SSSR count). The van der Waals surface area contributed by atoms with Gasteiger partial charge in [0, 0.05) is 12.3 Å². The number of aromatic nitrogens is 1. The van der Waals surface area contributed by atoms with Crippen LogP contribution >= 0.6 is 11.3 Å². The van der Waals surface area contributed by atoms with Crippen molar-refractivity contribution in [2.75, 3.05) is 18.9 Å². The van der Waals surface area contributed by atoms with Crippen LogP contribution in [0.3, 0.4) is 0 Å². The van der Waals surface area contributed by atoms with E-state index in [1.165, 1.54) is 33.1 Å². The fourth-order valence-electron chi connectivity index (χ4n) is 2.94. The fraction of sp³-hybridized carbons (Fsp3) is 0.619. The van der Waals surface area contributed by atoms with Crippen LogP contribution in [0.1, 0.15) is 53.7 Å². The molecule has 4 N–H and O–H groups in total. The molecule has 1 aliphatic rings. The van der Waals surface area contributed by atoms with Crippen molar-refractivity contribution in [2.45, 2.75) is 65.6 Å². The third-order valence-electron chi connectivity index (χ3n) is 5.41. The molecule has 38 heavy (non-hydrogen) atoms. The summed E-state index contributed by atoms with van der Waals surface area (Å²) in [6.07, 6.45) is 0.314. The summed E-state index contributed by atoms with van der Waals surface area (Å²) in [4.78, 5) is 56.9. The van der Waals surface area contributed by atoms with Crippen LogP contribution in [0.15, 0.2) is 10.5 Å². The van der Waals surface area contributed by atoms with Crippen LogP contribution in [0.5, 0.6) is 0 Å². The van der Waals surface area contributed by atoms with Gasteiger partial charge in [-0.05, 0) is 32.6 Å². The SMILES string of the molecule is CC(=O)OCCC(C)(C)COS(=O)(=O)N1C(=O)[C@@H](NC(=O)C(=NOC(C)(C)C(=O)O)c2csc(N)n2)[C@@H]1C. The molecule has 0 bridgehead atoms. The molecule has 1 saturated heterocycles. The minimum Gasteiger partial charge on any atom is -0.478 e. The molecule has 1 aromatic heterocycles. The smallest absolute Gasteiger partial charge is 0.365 e. The molecule has 1 fully saturated rings. The number of amides is 2. The summed E-state index contributed by atoms with van der Waals surface area (Å²) in [5, 5.41) is 16.7. The molecule has 15 nitrogen and oxygen atoms in total. The minimum absolute atomic E-state index is 0.0330. The first kappa shape index (κ1) is 30.9. The highest BCUT2D eigenvalue weighted by molar-refractivity contribution is 7.85. The van der Waals surface area contributed by atoms with Gasteiger partial charge < -0.3 is 25.7 Å². The fourth-order valence-corrected chi connectivity index (χ4v) is 4.93. The highest BCUT2D eigenvalue weighted by Crippen LogP contribution is 2.28. The van der Waals surface area contributed by atoms with Crippen LogP contribution < -0.4 is 11.1 Å². The van der Waals surface area contributed by atoms with Crippen LogP contribution in [-0.4, -0.2) is 83.2 Å². The summed E-state index contributed by atoms with van der Waals surface area (Å²) in [6, 6.07) is -2.27. The number of nitrogens with zero attached hydrogens (tertiary/aromatic N) is 3. The van der Waals surface area contributed by atoms with Crippen molar-refractivity contribution in [3.8, 4) is 0 Å². The Bertz CT molecular complexity index is 1220. The number of nitrogen functional groups attached to an aromatic ring is 1. The van der Waals surface area contributed by atoms with Gasteiger partial charge in [-0.3, -0.25) is 18.6 Å². The molecule has 212 valence electrons. The van der Waals surface area contributed by atoms with E-state index in [4.69, 9.17) is 19.5 Å². The maximum absolute atomic E-state index is 13.0. The first-order chi connectivity index (χ1) is 17.4. The number of aliphatic carboxylic acids is 1. The van der Waals surface area contributed by atoms with Gasteiger partial charge in [-0.15, -0.1) is 11.3 Å². The van der Waals surface area contributed by atoms with Crippen molar-refractivity contribution in [1.29, 1.82) is 0 Å². The number of β-lactam (4-membered cyclic amide) rings is 1. The summed E-state index contributed by atoms with van der Waals surface area (Å²) in [5.41, 5.74) is 2.64. The van der Waals surface area contributed by atoms with Crippen molar-refractivity contribution in [3.63, 3.8) is 0 Å². The number of oxime groups is 1. The zero-order chi connectivity index (χ0) is 29.1. The Labute approximate surface area is 223 Å². The predicted octanol–water partition coefficient (Wildman–Crippen LogP) is 0.266. The summed E-state index contributed by atoms with van der Waals surface area (Å²) >= 11 is 0.985. The van der Waals surface area contributed by atoms with E-state index in [2.05, 4.69) is 15.5 Å². The molecule has 0 aliphatic carbocycles. The maximum Gasteiger partial charge on any atom is 0.365 e. The average Bonchev–Trinajstić information content (AvgIpc) is 3.21. The van der Waals surface area contributed by atoms with Crippen molar-refractivity contribution >= 4 is 56.2 Å². The van der Waals surface area contributed by atoms with E-state index in [0.29, 0.717) is 10.7 Å². The lowest BCUT2D eigenvalue weighted by molar-refractivity contribution is -0.161. The van der Waals surface area contributed by atoms with Gasteiger partial charge in [0.1, 0.15) is 11.7 Å². The Balaban J connectivity index is 2.10. The molecule has 1 aromatic rings. The van der Waals surface area contributed by atoms with Crippen molar-refractivity contribution < 1.29 is 46.5 Å². The Morgan fingerprint density at radius 2 is 1.92 bits per heavy atom. The van der Waals surface area contributed by atoms with Gasteiger partial charge in [-0.2, -0.15) is 8.42 Å². The number of nitrogens with two attached hydrogens (primary N) is 1. The van der Waals surface area contributed by atoms with Crippen LogP contribution in [0.2, 0.25) is 0 Å². The number of carboxylic acid groups (broad SMARTS) is 1. The molecule has 0 spiro atoms.